The number of carbonyl (C=O) groups is 2. The van der Waals surface area contributed by atoms with Gasteiger partial charge in [-0.05, 0) is 48.2 Å². The van der Waals surface area contributed by atoms with Crippen molar-refractivity contribution in [2.75, 3.05) is 0 Å². The molecule has 1 heterocycles. The fourth-order valence-corrected chi connectivity index (χ4v) is 3.08. The molecule has 24 heavy (non-hydrogen) atoms. The van der Waals surface area contributed by atoms with Crippen LogP contribution >= 0.6 is 27.7 Å². The Morgan fingerprint density at radius 2 is 1.96 bits per heavy atom. The van der Waals surface area contributed by atoms with Crippen LogP contribution in [0.25, 0.3) is 6.08 Å². The van der Waals surface area contributed by atoms with E-state index >= 15 is 0 Å². The van der Waals surface area contributed by atoms with Crippen LogP contribution in [0.2, 0.25) is 0 Å². The molecule has 2 N–H and O–H groups in total. The van der Waals surface area contributed by atoms with Crippen molar-refractivity contribution in [3.05, 3.63) is 69.0 Å². The Balaban J connectivity index is 1.91. The number of nitrogens with two attached hydrogens (primary N) is 1. The van der Waals surface area contributed by atoms with Gasteiger partial charge in [-0.15, -0.1) is 0 Å². The fraction of sp³-hybridized carbons (Fsp3) is 0. The molecule has 0 aromatic heterocycles. The summed E-state index contributed by atoms with van der Waals surface area (Å²) in [6.07, 6.45) is 1.61. The van der Waals surface area contributed by atoms with Crippen LogP contribution < -0.4 is 10.5 Å². The van der Waals surface area contributed by atoms with Gasteiger partial charge in [0.2, 0.25) is 0 Å². The zero-order chi connectivity index (χ0) is 17.1. The third-order valence-electron chi connectivity index (χ3n) is 3.11. The van der Waals surface area contributed by atoms with Crippen LogP contribution in [-0.2, 0) is 4.79 Å². The molecule has 2 aromatic carbocycles. The van der Waals surface area contributed by atoms with Crippen molar-refractivity contribution in [2.24, 2.45) is 10.7 Å². The Labute approximate surface area is 150 Å². The smallest absolute Gasteiger partial charge is 0.343 e. The summed E-state index contributed by atoms with van der Waals surface area (Å²) in [5.41, 5.74) is 6.57. The first-order valence-electron chi connectivity index (χ1n) is 6.88. The SMILES string of the molecule is NC1=NC(=O)/C(=C/c2cc(Br)ccc2OC(=O)c2ccccc2)S1. The second kappa shape index (κ2) is 7.02. The lowest BCUT2D eigenvalue weighted by Crippen LogP contribution is -2.09. The minimum Gasteiger partial charge on any atom is -0.422 e. The van der Waals surface area contributed by atoms with Crippen molar-refractivity contribution in [1.29, 1.82) is 0 Å². The highest BCUT2D eigenvalue weighted by Gasteiger charge is 2.20. The molecule has 5 nitrogen and oxygen atoms in total. The monoisotopic (exact) mass is 402 g/mol. The quantitative estimate of drug-likeness (QED) is 0.481. The van der Waals surface area contributed by atoms with Gasteiger partial charge in [-0.25, -0.2) is 4.79 Å². The third-order valence-corrected chi connectivity index (χ3v) is 4.41. The number of esters is 1. The van der Waals surface area contributed by atoms with E-state index in [-0.39, 0.29) is 5.17 Å². The first kappa shape index (κ1) is 16.5. The van der Waals surface area contributed by atoms with Crippen molar-refractivity contribution in [3.63, 3.8) is 0 Å². The highest BCUT2D eigenvalue weighted by molar-refractivity contribution is 9.10. The lowest BCUT2D eigenvalue weighted by atomic mass is 10.1. The summed E-state index contributed by atoms with van der Waals surface area (Å²) < 4.78 is 6.26. The van der Waals surface area contributed by atoms with Crippen LogP contribution in [0.15, 0.2) is 62.9 Å². The van der Waals surface area contributed by atoms with E-state index < -0.39 is 11.9 Å². The van der Waals surface area contributed by atoms with E-state index in [0.717, 1.165) is 16.2 Å². The van der Waals surface area contributed by atoms with Gasteiger partial charge in [-0.1, -0.05) is 34.1 Å². The first-order chi connectivity index (χ1) is 11.5. The summed E-state index contributed by atoms with van der Waals surface area (Å²) in [6.45, 7) is 0. The van der Waals surface area contributed by atoms with E-state index in [2.05, 4.69) is 20.9 Å². The standard InChI is InChI=1S/C17H11BrN2O3S/c18-12-6-7-13(23-16(22)10-4-2-1-3-5-10)11(8-12)9-14-15(21)20-17(19)24-14/h1-9H,(H2,19,20,21)/b14-9-. The number of amides is 1. The van der Waals surface area contributed by atoms with Crippen LogP contribution in [0.4, 0.5) is 0 Å². The predicted octanol–water partition coefficient (Wildman–Crippen LogP) is 3.60. The van der Waals surface area contributed by atoms with Gasteiger partial charge in [0.1, 0.15) is 5.75 Å². The number of thioether (sulfide) groups is 1. The van der Waals surface area contributed by atoms with Gasteiger partial charge in [0.15, 0.2) is 5.17 Å². The molecule has 0 unspecified atom stereocenters. The fourth-order valence-electron chi connectivity index (χ4n) is 2.02. The van der Waals surface area contributed by atoms with Gasteiger partial charge in [-0.3, -0.25) is 4.79 Å². The minimum absolute atomic E-state index is 0.198. The molecule has 0 aliphatic carbocycles. The van der Waals surface area contributed by atoms with Crippen molar-refractivity contribution in [1.82, 2.24) is 0 Å². The van der Waals surface area contributed by atoms with E-state index in [1.54, 1.807) is 48.5 Å². The number of hydrogen-bond acceptors (Lipinski definition) is 5. The summed E-state index contributed by atoms with van der Waals surface area (Å²) in [4.78, 5) is 28.0. The Morgan fingerprint density at radius 1 is 1.21 bits per heavy atom. The average Bonchev–Trinajstić information content (AvgIpc) is 2.88. The maximum atomic E-state index is 12.2. The molecule has 0 radical (unpaired) electrons. The second-order valence-corrected chi connectivity index (χ2v) is 6.78. The Bertz CT molecular complexity index is 879. The normalized spacial score (nSPS) is 15.5. The number of benzene rings is 2. The third kappa shape index (κ3) is 3.74. The van der Waals surface area contributed by atoms with Gasteiger partial charge in [0, 0.05) is 10.0 Å². The number of carbonyl (C=O) groups excluding carboxylic acids is 2. The molecule has 1 aliphatic heterocycles. The Hall–Kier alpha value is -2.38. The minimum atomic E-state index is -0.473. The first-order valence-corrected chi connectivity index (χ1v) is 8.49. The molecule has 0 spiro atoms. The van der Waals surface area contributed by atoms with Crippen LogP contribution in [0.1, 0.15) is 15.9 Å². The van der Waals surface area contributed by atoms with Gasteiger partial charge >= 0.3 is 5.97 Å². The molecule has 0 saturated carbocycles. The van der Waals surface area contributed by atoms with Gasteiger partial charge in [0.25, 0.3) is 5.91 Å². The highest BCUT2D eigenvalue weighted by atomic mass is 79.9. The number of aliphatic imine (C=N–C) groups is 1. The highest BCUT2D eigenvalue weighted by Crippen LogP contribution is 2.31. The number of ether oxygens (including phenoxy) is 1. The number of hydrogen-bond donors (Lipinski definition) is 1. The molecular formula is C17H11BrN2O3S. The second-order valence-electron chi connectivity index (χ2n) is 4.80. The van der Waals surface area contributed by atoms with Crippen LogP contribution in [0.3, 0.4) is 0 Å². The summed E-state index contributed by atoms with van der Waals surface area (Å²) in [6, 6.07) is 13.8. The number of halogens is 1. The lowest BCUT2D eigenvalue weighted by molar-refractivity contribution is -0.113. The zero-order valence-electron chi connectivity index (χ0n) is 12.2. The van der Waals surface area contributed by atoms with E-state index in [1.165, 1.54) is 0 Å². The van der Waals surface area contributed by atoms with E-state index in [9.17, 15) is 9.59 Å². The molecule has 0 saturated heterocycles. The van der Waals surface area contributed by atoms with Crippen LogP contribution in [0, 0.1) is 0 Å². The molecule has 2 aromatic rings. The maximum Gasteiger partial charge on any atom is 0.343 e. The molecule has 0 atom stereocenters. The molecular weight excluding hydrogens is 392 g/mol. The van der Waals surface area contributed by atoms with Crippen LogP contribution in [0.5, 0.6) is 5.75 Å². The van der Waals surface area contributed by atoms with Crippen molar-refractivity contribution >= 4 is 50.8 Å². The maximum absolute atomic E-state index is 12.2. The van der Waals surface area contributed by atoms with E-state index in [4.69, 9.17) is 10.5 Å². The van der Waals surface area contributed by atoms with Gasteiger partial charge in [0.05, 0.1) is 10.5 Å². The predicted molar refractivity (Wildman–Crippen MR) is 97.7 cm³/mol. The molecule has 120 valence electrons. The molecule has 7 heteroatoms. The molecule has 3 rings (SSSR count). The number of rotatable bonds is 3. The zero-order valence-corrected chi connectivity index (χ0v) is 14.6. The molecule has 0 fully saturated rings. The van der Waals surface area contributed by atoms with Crippen molar-refractivity contribution < 1.29 is 14.3 Å². The molecule has 1 aliphatic rings. The summed E-state index contributed by atoms with van der Waals surface area (Å²) in [5.74, 6) is -0.532. The Kier molecular flexibility index (Phi) is 4.82. The van der Waals surface area contributed by atoms with E-state index in [0.29, 0.717) is 21.8 Å². The van der Waals surface area contributed by atoms with Crippen molar-refractivity contribution in [3.8, 4) is 5.75 Å². The van der Waals surface area contributed by atoms with Gasteiger partial charge < -0.3 is 10.5 Å². The molecule has 0 bridgehead atoms. The number of amidine groups is 1. The molecule has 1 amide bonds. The van der Waals surface area contributed by atoms with E-state index in [1.807, 2.05) is 6.07 Å². The van der Waals surface area contributed by atoms with Crippen LogP contribution in [-0.4, -0.2) is 17.0 Å². The number of nitrogens with zero attached hydrogens (tertiary/aromatic N) is 1. The van der Waals surface area contributed by atoms with Gasteiger partial charge in [-0.2, -0.15) is 4.99 Å². The topological polar surface area (TPSA) is 81.8 Å². The summed E-state index contributed by atoms with van der Waals surface area (Å²) in [5, 5.41) is 0.198. The Morgan fingerprint density at radius 3 is 2.62 bits per heavy atom. The summed E-state index contributed by atoms with van der Waals surface area (Å²) in [7, 11) is 0. The largest absolute Gasteiger partial charge is 0.422 e. The summed E-state index contributed by atoms with van der Waals surface area (Å²) >= 11 is 4.45. The average molecular weight is 403 g/mol. The van der Waals surface area contributed by atoms with Crippen molar-refractivity contribution in [2.45, 2.75) is 0 Å². The lowest BCUT2D eigenvalue weighted by Gasteiger charge is -2.08.